The van der Waals surface area contributed by atoms with Gasteiger partial charge in [-0.25, -0.2) is 46.2 Å². The molecule has 5 atom stereocenters. The second-order valence-electron chi connectivity index (χ2n) is 43.3. The predicted octanol–water partition coefficient (Wildman–Crippen LogP) is 30.6. The summed E-state index contributed by atoms with van der Waals surface area (Å²) in [5, 5.41) is 5.87. The number of ether oxygens (including phenoxy) is 5. The number of hydrogen-bond acceptors (Lipinski definition) is 17. The lowest BCUT2D eigenvalue weighted by Gasteiger charge is -2.35. The summed E-state index contributed by atoms with van der Waals surface area (Å²) in [5.41, 5.74) is 2.03. The first-order chi connectivity index (χ1) is 68.9. The number of cyclic esters (lactones) is 2. The number of carbonyl (C=O) groups excluding carboxylic acids is 6. The Morgan fingerprint density at radius 1 is 0.403 bits per heavy atom. The molecule has 0 spiro atoms. The van der Waals surface area contributed by atoms with Crippen molar-refractivity contribution in [3.63, 3.8) is 0 Å². The van der Waals surface area contributed by atoms with Crippen molar-refractivity contribution in [3.8, 4) is 51.0 Å². The number of hydrogen-bond donors (Lipinski definition) is 2. The molecule has 0 saturated carbocycles. The van der Waals surface area contributed by atoms with E-state index >= 15 is 9.59 Å². The summed E-state index contributed by atoms with van der Waals surface area (Å²) in [7, 11) is -8.61. The summed E-state index contributed by atoms with van der Waals surface area (Å²) in [6, 6.07) is 54.1. The number of amidine groups is 2. The standard InChI is InChI=1S/C63H96N4O8S.C56H66N4O7S/c1-13-14-15-16-17-18-19-20-21-22-23-24-25-26-27-32-41-66-57(64-50-33-28-31-36-55(50)76(66,71)72)56(67-59(69)63(11,12)75-60(67)70)58(68)65-51-42-46(2)38-40-52(51)74-54-35-30-29-34-53(54)73-45-49(48(4)44-62(8,9)10)39-37-47(3)43-61(5,6)7;1-4-5-6-7-8-9-10-11-12-13-14-15-16-17-18-29-41-59-52(57-47-38-26-28-40-49(47)68(59,64)65)50(60-54(62)56(2,3)67-55(60)63)53(61)58-46-37-25-27-39-48(46)66-51-44(42-31-21-19-22-32-42)35-30-36-45(51)43-33-23-20-24-34-43/h28-31,33-36,38,40,42,47-49,56H,13-27,32,37,39,41,43-45H2,1-12H3,(H,65,68);19-28,30-40,50H,4-18,29,41H2,1-3H3,(H,58,61). The monoisotopic (exact) mass is 2010 g/mol. The molecule has 0 radical (unpaired) electrons. The number of nitrogens with zero attached hydrogens (tertiary/aromatic N) is 6. The van der Waals surface area contributed by atoms with Crippen LogP contribution in [-0.4, -0.2) is 126 Å². The Morgan fingerprint density at radius 2 is 0.764 bits per heavy atom. The van der Waals surface area contributed by atoms with Gasteiger partial charge in [0.05, 0.1) is 29.4 Å². The van der Waals surface area contributed by atoms with Crippen LogP contribution in [0.1, 0.15) is 334 Å². The summed E-state index contributed by atoms with van der Waals surface area (Å²) in [6.45, 7) is 31.0. The Balaban J connectivity index is 0.000000276. The van der Waals surface area contributed by atoms with Gasteiger partial charge in [-0.2, -0.15) is 0 Å². The molecule has 6 amide bonds. The van der Waals surface area contributed by atoms with Gasteiger partial charge in [0.2, 0.25) is 0 Å². The van der Waals surface area contributed by atoms with Crippen molar-refractivity contribution in [3.05, 3.63) is 200 Å². The van der Waals surface area contributed by atoms with Gasteiger partial charge in [-0.3, -0.25) is 27.8 Å². The maximum atomic E-state index is 15.2. The Morgan fingerprint density at radius 3 is 1.17 bits per heavy atom. The molecule has 12 rings (SSSR count). The molecule has 0 bridgehead atoms. The molecule has 144 heavy (non-hydrogen) atoms. The van der Waals surface area contributed by atoms with Crippen molar-refractivity contribution in [1.29, 1.82) is 0 Å². The third kappa shape index (κ3) is 32.2. The highest BCUT2D eigenvalue weighted by molar-refractivity contribution is 7.90. The highest BCUT2D eigenvalue weighted by Crippen LogP contribution is 2.47. The summed E-state index contributed by atoms with van der Waals surface area (Å²) >= 11 is 0. The first-order valence-electron chi connectivity index (χ1n) is 53.6. The average molecular weight is 2010 g/mol. The van der Waals surface area contributed by atoms with Crippen molar-refractivity contribution >= 4 is 90.3 Å². The Bertz CT molecular complexity index is 5770. The van der Waals surface area contributed by atoms with Crippen molar-refractivity contribution in [2.75, 3.05) is 30.3 Å². The number of nitrogens with one attached hydrogen (secondary N) is 2. The quantitative estimate of drug-likeness (QED) is 0.0335. The number of carbonyl (C=O) groups is 6. The van der Waals surface area contributed by atoms with Crippen LogP contribution < -0.4 is 24.8 Å². The topological polar surface area (TPSA) is 279 Å². The number of fused-ring (bicyclic) bond motifs is 2. The number of aliphatic imine (C=N–C) groups is 2. The van der Waals surface area contributed by atoms with Gasteiger partial charge in [-0.1, -0.05) is 402 Å². The molecule has 5 unspecified atom stereocenters. The fourth-order valence-electron chi connectivity index (χ4n) is 20.0. The number of imide groups is 2. The number of aryl methyl sites for hydroxylation is 1. The van der Waals surface area contributed by atoms with Gasteiger partial charge in [-0.05, 0) is 173 Å². The molecule has 25 heteroatoms. The zero-order valence-corrected chi connectivity index (χ0v) is 90.2. The molecule has 780 valence electrons. The lowest BCUT2D eigenvalue weighted by atomic mass is 9.76. The van der Waals surface area contributed by atoms with Crippen LogP contribution in [0, 0.1) is 35.5 Å². The molecule has 23 nitrogen and oxygen atoms in total. The minimum absolute atomic E-state index is 0.0143. The van der Waals surface area contributed by atoms with Crippen LogP contribution in [-0.2, 0) is 48.7 Å². The Kier molecular flexibility index (Phi) is 42.7. The third-order valence-electron chi connectivity index (χ3n) is 27.5. The number of amides is 6. The normalized spacial score (nSPS) is 16.2. The number of rotatable bonds is 57. The summed E-state index contributed by atoms with van der Waals surface area (Å²) < 4.78 is 92.1. The smallest absolute Gasteiger partial charge is 0.418 e. The van der Waals surface area contributed by atoms with Gasteiger partial charge in [0.15, 0.2) is 58.0 Å². The second kappa shape index (κ2) is 54.3. The average Bonchev–Trinajstić information content (AvgIpc) is 1.06. The number of unbranched alkanes of at least 4 members (excludes halogenated alkanes) is 30. The van der Waals surface area contributed by atoms with Gasteiger partial charge in [0.25, 0.3) is 43.7 Å². The van der Waals surface area contributed by atoms with E-state index < -0.39 is 79.1 Å². The third-order valence-corrected chi connectivity index (χ3v) is 31.2. The molecule has 0 aromatic heterocycles. The number of benzene rings is 8. The molecule has 2 fully saturated rings. The van der Waals surface area contributed by atoms with E-state index in [1.165, 1.54) is 181 Å². The molecule has 0 aliphatic carbocycles. The lowest BCUT2D eigenvalue weighted by molar-refractivity contribution is -0.137. The van der Waals surface area contributed by atoms with E-state index in [2.05, 4.69) is 79.9 Å². The molecule has 4 heterocycles. The number of sulfonamides is 2. The number of anilines is 2. The molecule has 2 N–H and O–H groups in total. The number of para-hydroxylation sites is 7. The van der Waals surface area contributed by atoms with E-state index in [1.807, 2.05) is 116 Å². The first-order valence-corrected chi connectivity index (χ1v) is 56.5. The van der Waals surface area contributed by atoms with Crippen LogP contribution >= 0.6 is 0 Å². The Labute approximate surface area is 860 Å². The molecule has 8 aromatic rings. The molecular weight excluding hydrogens is 1850 g/mol. The van der Waals surface area contributed by atoms with Crippen molar-refractivity contribution in [2.45, 2.75) is 368 Å². The van der Waals surface area contributed by atoms with Crippen LogP contribution in [0.3, 0.4) is 0 Å². The zero-order valence-electron chi connectivity index (χ0n) is 88.6. The van der Waals surface area contributed by atoms with E-state index in [9.17, 15) is 36.0 Å². The lowest BCUT2D eigenvalue weighted by Crippen LogP contribution is -2.59. The highest BCUT2D eigenvalue weighted by atomic mass is 32.2. The highest BCUT2D eigenvalue weighted by Gasteiger charge is 2.58. The van der Waals surface area contributed by atoms with Crippen molar-refractivity contribution < 1.29 is 69.3 Å². The summed E-state index contributed by atoms with van der Waals surface area (Å²) in [5.74, 6) is -0.557. The summed E-state index contributed by atoms with van der Waals surface area (Å²) in [6.07, 6.45) is 39.4. The second-order valence-corrected chi connectivity index (χ2v) is 47.0. The molecule has 4 aliphatic heterocycles. The summed E-state index contributed by atoms with van der Waals surface area (Å²) in [4.78, 5) is 97.2. The van der Waals surface area contributed by atoms with Crippen LogP contribution in [0.5, 0.6) is 28.7 Å². The SMILES string of the molecule is CCCCCCCCCCCCCCCCCCN1C(C(C(=O)Nc2cc(C)ccc2Oc2ccccc2OCC(CCC(C)CC(C)(C)C)C(C)CC(C)(C)C)N2C(=O)OC(C)(C)C2=O)=Nc2ccccc2S1(=O)=O.CCCCCCCCCCCCCCCCCCN1C(C(C(=O)Nc2ccccc2Oc2c(-c3ccccc3)cccc2-c2ccccc2)N2C(=O)OC(C)(C)C2=O)=Nc2ccccc2S1(=O)=O. The molecule has 2 saturated heterocycles. The van der Waals surface area contributed by atoms with Gasteiger partial charge in [0, 0.05) is 24.2 Å². The van der Waals surface area contributed by atoms with Crippen molar-refractivity contribution in [1.82, 2.24) is 18.4 Å². The predicted molar refractivity (Wildman–Crippen MR) is 580 cm³/mol. The van der Waals surface area contributed by atoms with E-state index in [-0.39, 0.29) is 79.6 Å². The fourth-order valence-corrected chi connectivity index (χ4v) is 23.2. The van der Waals surface area contributed by atoms with Crippen molar-refractivity contribution in [2.24, 2.45) is 38.6 Å². The fraction of sp³-hybridized carbons (Fsp3) is 0.529. The van der Waals surface area contributed by atoms with Gasteiger partial charge in [0.1, 0.15) is 15.5 Å². The zero-order chi connectivity index (χ0) is 104. The van der Waals surface area contributed by atoms with Crippen LogP contribution in [0.4, 0.5) is 32.3 Å². The van der Waals surface area contributed by atoms with E-state index in [4.69, 9.17) is 33.7 Å². The van der Waals surface area contributed by atoms with E-state index in [1.54, 1.807) is 72.8 Å². The van der Waals surface area contributed by atoms with Gasteiger partial charge >= 0.3 is 12.2 Å². The van der Waals surface area contributed by atoms with Crippen LogP contribution in [0.25, 0.3) is 22.3 Å². The molecule has 8 aromatic carbocycles. The maximum Gasteiger partial charge on any atom is 0.418 e. The van der Waals surface area contributed by atoms with E-state index in [0.717, 1.165) is 113 Å². The van der Waals surface area contributed by atoms with Gasteiger partial charge < -0.3 is 34.3 Å². The molecular formula is C119H162N8O15S2. The van der Waals surface area contributed by atoms with Crippen LogP contribution in [0.15, 0.2) is 214 Å². The first kappa shape index (κ1) is 113. The van der Waals surface area contributed by atoms with Crippen LogP contribution in [0.2, 0.25) is 0 Å². The van der Waals surface area contributed by atoms with Gasteiger partial charge in [-0.15, -0.1) is 0 Å². The minimum atomic E-state index is -4.31. The largest absolute Gasteiger partial charge is 0.489 e. The Hall–Kier alpha value is -11.2. The minimum Gasteiger partial charge on any atom is -0.489 e. The van der Waals surface area contributed by atoms with E-state index in [0.29, 0.717) is 64.3 Å². The molecule has 4 aliphatic rings. The maximum absolute atomic E-state index is 15.2.